The number of aromatic nitrogens is 1. The fourth-order valence-electron chi connectivity index (χ4n) is 2.11. The maximum atomic E-state index is 12.2. The molecule has 1 aliphatic heterocycles. The van der Waals surface area contributed by atoms with E-state index in [0.29, 0.717) is 25.4 Å². The average Bonchev–Trinajstić information content (AvgIpc) is 2.75. The molecule has 0 radical (unpaired) electrons. The molecular weight excluding hydrogens is 272 g/mol. The molecule has 2 atom stereocenters. The van der Waals surface area contributed by atoms with Crippen LogP contribution in [0.15, 0.2) is 5.38 Å². The van der Waals surface area contributed by atoms with Crippen molar-refractivity contribution in [3.05, 3.63) is 16.1 Å². The van der Waals surface area contributed by atoms with Crippen molar-refractivity contribution in [1.29, 1.82) is 0 Å². The van der Waals surface area contributed by atoms with E-state index in [4.69, 9.17) is 16.3 Å². The summed E-state index contributed by atoms with van der Waals surface area (Å²) in [5, 5.41) is 2.74. The molecule has 2 rings (SSSR count). The summed E-state index contributed by atoms with van der Waals surface area (Å²) in [6.45, 7) is 5.31. The lowest BCUT2D eigenvalue weighted by Crippen LogP contribution is -2.48. The Hall–Kier alpha value is -0.650. The molecule has 100 valence electrons. The fraction of sp³-hybridized carbons (Fsp3) is 0.667. The molecule has 1 fully saturated rings. The van der Waals surface area contributed by atoms with Gasteiger partial charge in [0.15, 0.2) is 0 Å². The van der Waals surface area contributed by atoms with Gasteiger partial charge in [0.1, 0.15) is 5.01 Å². The molecule has 1 amide bonds. The topological polar surface area (TPSA) is 42.4 Å². The number of carbonyl (C=O) groups is 1. The molecule has 0 unspecified atom stereocenters. The van der Waals surface area contributed by atoms with Gasteiger partial charge in [0.05, 0.1) is 30.2 Å². The number of carbonyl (C=O) groups excluding carboxylic acids is 1. The summed E-state index contributed by atoms with van der Waals surface area (Å²) in [5.74, 6) is 0.517. The minimum Gasteiger partial charge on any atom is -0.372 e. The second-order valence-corrected chi connectivity index (χ2v) is 5.81. The van der Waals surface area contributed by atoms with Crippen LogP contribution in [0.3, 0.4) is 0 Å². The molecule has 1 saturated heterocycles. The van der Waals surface area contributed by atoms with Crippen LogP contribution in [0.1, 0.15) is 24.5 Å². The van der Waals surface area contributed by atoms with Crippen molar-refractivity contribution in [2.24, 2.45) is 0 Å². The lowest BCUT2D eigenvalue weighted by atomic mass is 10.2. The first-order valence-electron chi connectivity index (χ1n) is 6.01. The monoisotopic (exact) mass is 288 g/mol. The van der Waals surface area contributed by atoms with E-state index >= 15 is 0 Å². The Morgan fingerprint density at radius 1 is 1.56 bits per heavy atom. The zero-order chi connectivity index (χ0) is 13.1. The van der Waals surface area contributed by atoms with Crippen LogP contribution in [-0.4, -0.2) is 41.1 Å². The highest BCUT2D eigenvalue weighted by Crippen LogP contribution is 2.16. The predicted octanol–water partition coefficient (Wildman–Crippen LogP) is 2.06. The Balaban J connectivity index is 1.94. The zero-order valence-electron chi connectivity index (χ0n) is 10.6. The fourth-order valence-corrected chi connectivity index (χ4v) is 3.13. The highest BCUT2D eigenvalue weighted by molar-refractivity contribution is 7.09. The van der Waals surface area contributed by atoms with Gasteiger partial charge in [-0.2, -0.15) is 0 Å². The minimum absolute atomic E-state index is 0.104. The Morgan fingerprint density at radius 3 is 2.78 bits per heavy atom. The summed E-state index contributed by atoms with van der Waals surface area (Å²) in [5.41, 5.74) is 0.841. The second kappa shape index (κ2) is 5.99. The van der Waals surface area contributed by atoms with Gasteiger partial charge in [0.2, 0.25) is 5.91 Å². The summed E-state index contributed by atoms with van der Waals surface area (Å²) >= 11 is 7.19. The van der Waals surface area contributed by atoms with E-state index in [1.165, 1.54) is 11.3 Å². The van der Waals surface area contributed by atoms with Crippen LogP contribution >= 0.6 is 22.9 Å². The Labute approximate surface area is 116 Å². The predicted molar refractivity (Wildman–Crippen MR) is 72.0 cm³/mol. The Bertz CT molecular complexity index is 414. The average molecular weight is 289 g/mol. The van der Waals surface area contributed by atoms with Crippen molar-refractivity contribution in [1.82, 2.24) is 9.88 Å². The molecule has 0 N–H and O–H groups in total. The van der Waals surface area contributed by atoms with Crippen molar-refractivity contribution in [3.63, 3.8) is 0 Å². The highest BCUT2D eigenvalue weighted by Gasteiger charge is 2.26. The second-order valence-electron chi connectivity index (χ2n) is 4.60. The van der Waals surface area contributed by atoms with Gasteiger partial charge in [0.25, 0.3) is 0 Å². The third-order valence-corrected chi connectivity index (χ3v) is 3.98. The molecule has 0 aliphatic carbocycles. The van der Waals surface area contributed by atoms with Crippen molar-refractivity contribution in [2.45, 2.75) is 38.4 Å². The number of halogens is 1. The number of rotatable bonds is 3. The first kappa shape index (κ1) is 13.8. The number of hydrogen-bond acceptors (Lipinski definition) is 4. The maximum absolute atomic E-state index is 12.2. The van der Waals surface area contributed by atoms with E-state index in [9.17, 15) is 4.79 Å². The van der Waals surface area contributed by atoms with Gasteiger partial charge in [-0.05, 0) is 13.8 Å². The van der Waals surface area contributed by atoms with Gasteiger partial charge in [0, 0.05) is 18.5 Å². The number of morpholine rings is 1. The van der Waals surface area contributed by atoms with Crippen LogP contribution in [0.25, 0.3) is 0 Å². The van der Waals surface area contributed by atoms with E-state index in [-0.39, 0.29) is 18.1 Å². The summed E-state index contributed by atoms with van der Waals surface area (Å²) in [6.07, 6.45) is 0.570. The molecule has 18 heavy (non-hydrogen) atoms. The molecule has 1 aliphatic rings. The van der Waals surface area contributed by atoms with E-state index in [1.807, 2.05) is 24.1 Å². The Kier molecular flexibility index (Phi) is 4.59. The molecule has 4 nitrogen and oxygen atoms in total. The van der Waals surface area contributed by atoms with E-state index in [2.05, 4.69) is 4.98 Å². The Morgan fingerprint density at radius 2 is 2.22 bits per heavy atom. The molecular formula is C12H17ClN2O2S. The smallest absolute Gasteiger partial charge is 0.229 e. The van der Waals surface area contributed by atoms with E-state index < -0.39 is 0 Å². The molecule has 0 aromatic carbocycles. The molecule has 0 saturated carbocycles. The van der Waals surface area contributed by atoms with E-state index in [1.54, 1.807) is 0 Å². The third kappa shape index (κ3) is 3.43. The number of alkyl halides is 1. The zero-order valence-corrected chi connectivity index (χ0v) is 12.1. The first-order valence-corrected chi connectivity index (χ1v) is 7.42. The van der Waals surface area contributed by atoms with Gasteiger partial charge >= 0.3 is 0 Å². The molecule has 6 heteroatoms. The van der Waals surface area contributed by atoms with Crippen LogP contribution < -0.4 is 0 Å². The van der Waals surface area contributed by atoms with E-state index in [0.717, 1.165) is 10.7 Å². The number of thiazole rings is 1. The lowest BCUT2D eigenvalue weighted by molar-refractivity contribution is -0.142. The van der Waals surface area contributed by atoms with Crippen LogP contribution in [-0.2, 0) is 21.8 Å². The van der Waals surface area contributed by atoms with Gasteiger partial charge in [-0.1, -0.05) is 0 Å². The number of amides is 1. The third-order valence-electron chi connectivity index (χ3n) is 2.81. The maximum Gasteiger partial charge on any atom is 0.229 e. The summed E-state index contributed by atoms with van der Waals surface area (Å²) in [6, 6.07) is 0. The number of ether oxygens (including phenoxy) is 1. The number of hydrogen-bond donors (Lipinski definition) is 0. The largest absolute Gasteiger partial charge is 0.372 e. The van der Waals surface area contributed by atoms with Crippen LogP contribution in [0.4, 0.5) is 0 Å². The van der Waals surface area contributed by atoms with Gasteiger partial charge in [-0.3, -0.25) is 4.79 Å². The van der Waals surface area contributed by atoms with Crippen molar-refractivity contribution in [2.75, 3.05) is 13.1 Å². The standard InChI is InChI=1S/C12H17ClN2O2S/c1-8-5-15(6-9(2)17-8)12(16)3-11-14-10(4-13)7-18-11/h7-9H,3-6H2,1-2H3/t8-,9+. The summed E-state index contributed by atoms with van der Waals surface area (Å²) < 4.78 is 5.61. The van der Waals surface area contributed by atoms with Crippen LogP contribution in [0, 0.1) is 0 Å². The van der Waals surface area contributed by atoms with Crippen LogP contribution in [0.5, 0.6) is 0 Å². The molecule has 0 spiro atoms. The van der Waals surface area contributed by atoms with Crippen LogP contribution in [0.2, 0.25) is 0 Å². The summed E-state index contributed by atoms with van der Waals surface area (Å²) in [7, 11) is 0. The SMILES string of the molecule is C[C@@H]1CN(C(=O)Cc2nc(CCl)cs2)C[C@H](C)O1. The molecule has 1 aromatic rings. The van der Waals surface area contributed by atoms with Gasteiger partial charge in [-0.15, -0.1) is 22.9 Å². The first-order chi connectivity index (χ1) is 8.58. The van der Waals surface area contributed by atoms with Crippen molar-refractivity contribution < 1.29 is 9.53 Å². The highest BCUT2D eigenvalue weighted by atomic mass is 35.5. The van der Waals surface area contributed by atoms with Crippen molar-refractivity contribution in [3.8, 4) is 0 Å². The minimum atomic E-state index is 0.104. The normalized spacial score (nSPS) is 24.3. The molecule has 2 heterocycles. The quantitative estimate of drug-likeness (QED) is 0.800. The summed E-state index contributed by atoms with van der Waals surface area (Å²) in [4.78, 5) is 18.3. The van der Waals surface area contributed by atoms with Gasteiger partial charge < -0.3 is 9.64 Å². The van der Waals surface area contributed by atoms with Crippen molar-refractivity contribution >= 4 is 28.8 Å². The molecule has 1 aromatic heterocycles. The number of nitrogens with zero attached hydrogens (tertiary/aromatic N) is 2. The van der Waals surface area contributed by atoms with Gasteiger partial charge in [-0.25, -0.2) is 4.98 Å². The lowest BCUT2D eigenvalue weighted by Gasteiger charge is -2.35. The molecule has 0 bridgehead atoms.